The van der Waals surface area contributed by atoms with Crippen LogP contribution in [0.4, 0.5) is 0 Å². The second kappa shape index (κ2) is 12.3. The summed E-state index contributed by atoms with van der Waals surface area (Å²) in [6.45, 7) is 7.30. The van der Waals surface area contributed by atoms with Gasteiger partial charge in [0.05, 0.1) is 13.2 Å². The molecule has 1 saturated heterocycles. The van der Waals surface area contributed by atoms with Gasteiger partial charge in [-0.3, -0.25) is 9.69 Å². The van der Waals surface area contributed by atoms with Crippen LogP contribution >= 0.6 is 12.4 Å². The molecule has 1 aliphatic heterocycles. The van der Waals surface area contributed by atoms with E-state index < -0.39 is 0 Å². The average molecular weight is 310 g/mol. The average Bonchev–Trinajstić information content (AvgIpc) is 2.47. The Kier molecular flexibility index (Phi) is 12.1. The molecule has 1 heterocycles. The minimum Gasteiger partial charge on any atom is -0.383 e. The maximum Gasteiger partial charge on any atom is 0.223 e. The molecule has 7 heteroatoms. The van der Waals surface area contributed by atoms with Crippen LogP contribution in [0.5, 0.6) is 0 Å². The summed E-state index contributed by atoms with van der Waals surface area (Å²) in [7, 11) is 3.39. The van der Waals surface area contributed by atoms with E-state index in [1.165, 1.54) is 0 Å². The largest absolute Gasteiger partial charge is 0.383 e. The second-order valence-electron chi connectivity index (χ2n) is 4.71. The molecule has 0 aliphatic carbocycles. The first-order valence-electron chi connectivity index (χ1n) is 6.96. The van der Waals surface area contributed by atoms with Crippen molar-refractivity contribution < 1.29 is 14.3 Å². The molecular weight excluding hydrogens is 282 g/mol. The predicted molar refractivity (Wildman–Crippen MR) is 81.5 cm³/mol. The normalized spacial score (nSPS) is 15.2. The molecule has 1 amide bonds. The Morgan fingerprint density at radius 1 is 1.10 bits per heavy atom. The second-order valence-corrected chi connectivity index (χ2v) is 4.71. The van der Waals surface area contributed by atoms with Crippen LogP contribution in [-0.2, 0) is 14.3 Å². The summed E-state index contributed by atoms with van der Waals surface area (Å²) >= 11 is 0. The van der Waals surface area contributed by atoms with Gasteiger partial charge in [-0.1, -0.05) is 0 Å². The van der Waals surface area contributed by atoms with E-state index >= 15 is 0 Å². The van der Waals surface area contributed by atoms with Gasteiger partial charge in [0.25, 0.3) is 0 Å². The van der Waals surface area contributed by atoms with Gasteiger partial charge in [0.15, 0.2) is 0 Å². The third kappa shape index (κ3) is 8.01. The minimum atomic E-state index is 0. The van der Waals surface area contributed by atoms with Crippen LogP contribution in [0, 0.1) is 0 Å². The van der Waals surface area contributed by atoms with Gasteiger partial charge in [-0.05, 0) is 0 Å². The molecule has 0 aromatic carbocycles. The molecule has 20 heavy (non-hydrogen) atoms. The lowest BCUT2D eigenvalue weighted by Crippen LogP contribution is -2.47. The molecule has 1 N–H and O–H groups in total. The zero-order chi connectivity index (χ0) is 13.9. The number of halogens is 1. The van der Waals surface area contributed by atoms with E-state index in [2.05, 4.69) is 10.2 Å². The van der Waals surface area contributed by atoms with Crippen molar-refractivity contribution >= 4 is 18.3 Å². The van der Waals surface area contributed by atoms with Gasteiger partial charge in [-0.15, -0.1) is 12.4 Å². The van der Waals surface area contributed by atoms with Gasteiger partial charge in [0, 0.05) is 66.5 Å². The van der Waals surface area contributed by atoms with Gasteiger partial charge >= 0.3 is 0 Å². The molecular formula is C13H28ClN3O3. The summed E-state index contributed by atoms with van der Waals surface area (Å²) < 4.78 is 10.2. The summed E-state index contributed by atoms with van der Waals surface area (Å²) in [5.74, 6) is 0.251. The Morgan fingerprint density at radius 3 is 2.15 bits per heavy atom. The smallest absolute Gasteiger partial charge is 0.223 e. The van der Waals surface area contributed by atoms with E-state index in [0.29, 0.717) is 19.6 Å². The molecule has 0 spiro atoms. The van der Waals surface area contributed by atoms with Crippen LogP contribution in [0.3, 0.4) is 0 Å². The van der Waals surface area contributed by atoms with Crippen LogP contribution in [0.25, 0.3) is 0 Å². The van der Waals surface area contributed by atoms with Crippen molar-refractivity contribution in [2.24, 2.45) is 0 Å². The van der Waals surface area contributed by atoms with E-state index in [1.54, 1.807) is 14.2 Å². The first kappa shape index (κ1) is 19.6. The summed E-state index contributed by atoms with van der Waals surface area (Å²) in [6, 6.07) is 0. The third-order valence-corrected chi connectivity index (χ3v) is 3.33. The monoisotopic (exact) mass is 309 g/mol. The molecule has 1 rings (SSSR count). The number of nitrogens with zero attached hydrogens (tertiary/aromatic N) is 2. The molecule has 0 atom stereocenters. The van der Waals surface area contributed by atoms with E-state index in [4.69, 9.17) is 9.47 Å². The first-order chi connectivity index (χ1) is 9.27. The fraction of sp³-hybridized carbons (Fsp3) is 0.923. The highest BCUT2D eigenvalue weighted by molar-refractivity contribution is 5.85. The summed E-state index contributed by atoms with van der Waals surface area (Å²) in [5, 5.41) is 3.25. The minimum absolute atomic E-state index is 0. The van der Waals surface area contributed by atoms with Crippen LogP contribution < -0.4 is 5.32 Å². The molecule has 1 fully saturated rings. The fourth-order valence-electron chi connectivity index (χ4n) is 2.10. The molecule has 6 nitrogen and oxygen atoms in total. The van der Waals surface area contributed by atoms with Crippen molar-refractivity contribution in [3.63, 3.8) is 0 Å². The van der Waals surface area contributed by atoms with Gasteiger partial charge in [-0.2, -0.15) is 0 Å². The number of nitrogens with one attached hydrogen (secondary N) is 1. The summed E-state index contributed by atoms with van der Waals surface area (Å²) in [6.07, 6.45) is 0.577. The Labute approximate surface area is 128 Å². The Hall–Kier alpha value is -0.400. The molecule has 0 unspecified atom stereocenters. The summed E-state index contributed by atoms with van der Waals surface area (Å²) in [5.41, 5.74) is 0. The van der Waals surface area contributed by atoms with Crippen molar-refractivity contribution in [1.29, 1.82) is 0 Å². The maximum atomic E-state index is 12.1. The number of ether oxygens (including phenoxy) is 2. The number of hydrogen-bond donors (Lipinski definition) is 1. The highest BCUT2D eigenvalue weighted by atomic mass is 35.5. The lowest BCUT2D eigenvalue weighted by molar-refractivity contribution is -0.132. The Balaban J connectivity index is 0.00000361. The van der Waals surface area contributed by atoms with Gasteiger partial charge in [0.1, 0.15) is 0 Å². The molecule has 0 radical (unpaired) electrons. The SMILES string of the molecule is COCCN(CCOC)CCC(=O)N1CCNCC1.Cl. The molecule has 0 bridgehead atoms. The van der Waals surface area contributed by atoms with E-state index in [0.717, 1.165) is 45.8 Å². The third-order valence-electron chi connectivity index (χ3n) is 3.33. The zero-order valence-corrected chi connectivity index (χ0v) is 13.4. The van der Waals surface area contributed by atoms with Crippen LogP contribution in [0.1, 0.15) is 6.42 Å². The number of amides is 1. The number of piperazine rings is 1. The number of rotatable bonds is 9. The number of carbonyl (C=O) groups excluding carboxylic acids is 1. The number of hydrogen-bond acceptors (Lipinski definition) is 5. The zero-order valence-electron chi connectivity index (χ0n) is 12.6. The molecule has 0 aromatic heterocycles. The Bertz CT molecular complexity index is 243. The van der Waals surface area contributed by atoms with Crippen molar-refractivity contribution in [3.05, 3.63) is 0 Å². The molecule has 1 aliphatic rings. The Morgan fingerprint density at radius 2 is 1.65 bits per heavy atom. The molecule has 0 aromatic rings. The maximum absolute atomic E-state index is 12.1. The van der Waals surface area contributed by atoms with Crippen LogP contribution in [0.15, 0.2) is 0 Å². The quantitative estimate of drug-likeness (QED) is 0.641. The predicted octanol–water partition coefficient (Wildman–Crippen LogP) is -0.175. The van der Waals surface area contributed by atoms with Gasteiger partial charge < -0.3 is 19.7 Å². The van der Waals surface area contributed by atoms with E-state index in [9.17, 15) is 4.79 Å². The fourth-order valence-corrected chi connectivity index (χ4v) is 2.10. The van der Waals surface area contributed by atoms with E-state index in [1.807, 2.05) is 4.90 Å². The van der Waals surface area contributed by atoms with Crippen molar-refractivity contribution in [3.8, 4) is 0 Å². The standard InChI is InChI=1S/C13H27N3O3.ClH/c1-18-11-9-15(10-12-19-2)6-3-13(17)16-7-4-14-5-8-16;/h14H,3-12H2,1-2H3;1H. The topological polar surface area (TPSA) is 54.0 Å². The van der Waals surface area contributed by atoms with Gasteiger partial charge in [0.2, 0.25) is 5.91 Å². The van der Waals surface area contributed by atoms with Crippen LogP contribution in [-0.4, -0.2) is 89.0 Å². The van der Waals surface area contributed by atoms with Gasteiger partial charge in [-0.25, -0.2) is 0 Å². The molecule has 0 saturated carbocycles. The van der Waals surface area contributed by atoms with Crippen molar-refractivity contribution in [2.45, 2.75) is 6.42 Å². The lowest BCUT2D eigenvalue weighted by atomic mass is 10.3. The van der Waals surface area contributed by atoms with Crippen molar-refractivity contribution in [2.75, 3.05) is 73.2 Å². The van der Waals surface area contributed by atoms with E-state index in [-0.39, 0.29) is 18.3 Å². The molecule has 120 valence electrons. The lowest BCUT2D eigenvalue weighted by Gasteiger charge is -2.29. The highest BCUT2D eigenvalue weighted by Crippen LogP contribution is 2.00. The first-order valence-corrected chi connectivity index (χ1v) is 6.96. The summed E-state index contributed by atoms with van der Waals surface area (Å²) in [4.78, 5) is 16.2. The highest BCUT2D eigenvalue weighted by Gasteiger charge is 2.16. The number of carbonyl (C=O) groups is 1. The van der Waals surface area contributed by atoms with Crippen molar-refractivity contribution in [1.82, 2.24) is 15.1 Å². The van der Waals surface area contributed by atoms with Crippen LogP contribution in [0.2, 0.25) is 0 Å². The number of methoxy groups -OCH3 is 2.